The van der Waals surface area contributed by atoms with Gasteiger partial charge < -0.3 is 4.74 Å². The highest BCUT2D eigenvalue weighted by molar-refractivity contribution is 9.10. The highest BCUT2D eigenvalue weighted by Gasteiger charge is 2.11. The fraction of sp³-hybridized carbons (Fsp3) is 0.462. The number of ketones is 1. The summed E-state index contributed by atoms with van der Waals surface area (Å²) in [6, 6.07) is 7.28. The number of alkyl halides is 1. The monoisotopic (exact) mass is 284 g/mol. The second kappa shape index (κ2) is 6.04. The molecule has 3 heteroatoms. The molecule has 16 heavy (non-hydrogen) atoms. The first-order chi connectivity index (χ1) is 7.50. The minimum Gasteiger partial charge on any atom is -0.493 e. The first-order valence-corrected chi connectivity index (χ1v) is 6.33. The lowest BCUT2D eigenvalue weighted by Crippen LogP contribution is -2.10. The molecule has 0 heterocycles. The number of benzene rings is 1. The lowest BCUT2D eigenvalue weighted by atomic mass is 10.1. The van der Waals surface area contributed by atoms with Gasteiger partial charge in [-0.25, -0.2) is 0 Å². The number of Topliss-reactive ketones (excluding diaryl/α,β-unsaturated/α-hetero) is 1. The molecule has 1 aromatic carbocycles. The molecule has 0 bridgehead atoms. The van der Waals surface area contributed by atoms with Gasteiger partial charge in [-0.05, 0) is 37.1 Å². The zero-order valence-corrected chi connectivity index (χ0v) is 11.5. The van der Waals surface area contributed by atoms with E-state index in [9.17, 15) is 4.79 Å². The largest absolute Gasteiger partial charge is 0.493 e. The van der Waals surface area contributed by atoms with Crippen LogP contribution in [0.2, 0.25) is 0 Å². The summed E-state index contributed by atoms with van der Waals surface area (Å²) in [6.07, 6.45) is 0. The van der Waals surface area contributed by atoms with Crippen molar-refractivity contribution in [2.24, 2.45) is 5.92 Å². The van der Waals surface area contributed by atoms with Gasteiger partial charge in [0.1, 0.15) is 5.75 Å². The number of hydrogen-bond donors (Lipinski definition) is 0. The van der Waals surface area contributed by atoms with Crippen LogP contribution in [-0.2, 0) is 0 Å². The van der Waals surface area contributed by atoms with Gasteiger partial charge in [-0.2, -0.15) is 0 Å². The van der Waals surface area contributed by atoms with Crippen molar-refractivity contribution in [2.45, 2.75) is 25.6 Å². The summed E-state index contributed by atoms with van der Waals surface area (Å²) >= 11 is 3.26. The molecule has 0 aliphatic carbocycles. The van der Waals surface area contributed by atoms with E-state index in [0.717, 1.165) is 5.75 Å². The first kappa shape index (κ1) is 13.2. The molecule has 88 valence electrons. The lowest BCUT2D eigenvalue weighted by molar-refractivity contribution is 0.0996. The third-order valence-corrected chi connectivity index (χ3v) is 2.50. The number of carbonyl (C=O) groups is 1. The van der Waals surface area contributed by atoms with E-state index < -0.39 is 0 Å². The smallest absolute Gasteiger partial charge is 0.176 e. The van der Waals surface area contributed by atoms with Gasteiger partial charge in [-0.3, -0.25) is 4.79 Å². The summed E-state index contributed by atoms with van der Waals surface area (Å²) in [6.45, 7) is 6.72. The van der Waals surface area contributed by atoms with Crippen LogP contribution >= 0.6 is 15.9 Å². The number of rotatable bonds is 5. The Bertz CT molecular complexity index is 341. The predicted molar refractivity (Wildman–Crippen MR) is 69.5 cm³/mol. The topological polar surface area (TPSA) is 26.3 Å². The van der Waals surface area contributed by atoms with Crippen LogP contribution in [0.15, 0.2) is 24.3 Å². The van der Waals surface area contributed by atoms with Crippen LogP contribution in [0.4, 0.5) is 0 Å². The third kappa shape index (κ3) is 3.97. The van der Waals surface area contributed by atoms with Gasteiger partial charge in [-0.15, -0.1) is 0 Å². The molecular formula is C13H17BrO2. The minimum absolute atomic E-state index is 0.0930. The summed E-state index contributed by atoms with van der Waals surface area (Å²) in [4.78, 5) is 11.5. The lowest BCUT2D eigenvalue weighted by Gasteiger charge is -2.09. The zero-order chi connectivity index (χ0) is 12.1. The van der Waals surface area contributed by atoms with Gasteiger partial charge in [-0.1, -0.05) is 29.8 Å². The Hall–Kier alpha value is -0.830. The molecule has 0 saturated carbocycles. The molecule has 0 fully saturated rings. The van der Waals surface area contributed by atoms with E-state index in [0.29, 0.717) is 18.1 Å². The number of halogens is 1. The van der Waals surface area contributed by atoms with Gasteiger partial charge in [0.15, 0.2) is 5.78 Å². The summed E-state index contributed by atoms with van der Waals surface area (Å²) < 4.78 is 5.54. The van der Waals surface area contributed by atoms with Crippen molar-refractivity contribution in [3.8, 4) is 5.75 Å². The standard InChI is InChI=1S/C13H17BrO2/c1-9(2)8-16-12-6-4-11(5-7-12)13(15)10(3)14/h4-7,9-10H,8H2,1-3H3. The van der Waals surface area contributed by atoms with E-state index in [2.05, 4.69) is 29.8 Å². The molecule has 0 aliphatic heterocycles. The normalized spacial score (nSPS) is 12.6. The third-order valence-electron chi connectivity index (χ3n) is 2.08. The van der Waals surface area contributed by atoms with Gasteiger partial charge in [0.05, 0.1) is 11.4 Å². The molecule has 0 saturated heterocycles. The van der Waals surface area contributed by atoms with E-state index in [1.165, 1.54) is 0 Å². The van der Waals surface area contributed by atoms with Crippen LogP contribution in [0, 0.1) is 5.92 Å². The molecule has 2 nitrogen and oxygen atoms in total. The highest BCUT2D eigenvalue weighted by Crippen LogP contribution is 2.16. The van der Waals surface area contributed by atoms with Crippen molar-refractivity contribution in [2.75, 3.05) is 6.61 Å². The Morgan fingerprint density at radius 1 is 1.25 bits per heavy atom. The Morgan fingerprint density at radius 2 is 1.81 bits per heavy atom. The van der Waals surface area contributed by atoms with Crippen LogP contribution in [0.5, 0.6) is 5.75 Å². The maximum atomic E-state index is 11.6. The van der Waals surface area contributed by atoms with Crippen LogP contribution in [0.25, 0.3) is 0 Å². The predicted octanol–water partition coefficient (Wildman–Crippen LogP) is 3.69. The first-order valence-electron chi connectivity index (χ1n) is 5.42. The van der Waals surface area contributed by atoms with Crippen molar-refractivity contribution in [1.82, 2.24) is 0 Å². The number of hydrogen-bond acceptors (Lipinski definition) is 2. The fourth-order valence-electron chi connectivity index (χ4n) is 1.21. The van der Waals surface area contributed by atoms with E-state index in [-0.39, 0.29) is 10.6 Å². The van der Waals surface area contributed by atoms with Crippen molar-refractivity contribution < 1.29 is 9.53 Å². The van der Waals surface area contributed by atoms with Gasteiger partial charge in [0, 0.05) is 5.56 Å². The summed E-state index contributed by atoms with van der Waals surface area (Å²) in [5, 5.41) is 0. The quantitative estimate of drug-likeness (QED) is 0.609. The van der Waals surface area contributed by atoms with Crippen LogP contribution < -0.4 is 4.74 Å². The van der Waals surface area contributed by atoms with E-state index in [1.54, 1.807) is 12.1 Å². The second-order valence-corrected chi connectivity index (χ2v) is 5.58. The van der Waals surface area contributed by atoms with Crippen molar-refractivity contribution in [3.05, 3.63) is 29.8 Å². The molecule has 1 aromatic rings. The molecule has 0 N–H and O–H groups in total. The second-order valence-electron chi connectivity index (χ2n) is 4.21. The van der Waals surface area contributed by atoms with Gasteiger partial charge in [0.2, 0.25) is 0 Å². The van der Waals surface area contributed by atoms with Crippen molar-refractivity contribution in [1.29, 1.82) is 0 Å². The molecule has 0 aliphatic rings. The van der Waals surface area contributed by atoms with Crippen LogP contribution in [0.3, 0.4) is 0 Å². The molecule has 0 aromatic heterocycles. The van der Waals surface area contributed by atoms with Crippen LogP contribution in [0.1, 0.15) is 31.1 Å². The highest BCUT2D eigenvalue weighted by atomic mass is 79.9. The van der Waals surface area contributed by atoms with E-state index in [4.69, 9.17) is 4.74 Å². The Balaban J connectivity index is 2.64. The minimum atomic E-state index is -0.144. The van der Waals surface area contributed by atoms with Gasteiger partial charge in [0.25, 0.3) is 0 Å². The number of ether oxygens (including phenoxy) is 1. The van der Waals surface area contributed by atoms with Crippen molar-refractivity contribution >= 4 is 21.7 Å². The van der Waals surface area contributed by atoms with E-state index in [1.807, 2.05) is 19.1 Å². The zero-order valence-electron chi connectivity index (χ0n) is 9.87. The Kier molecular flexibility index (Phi) is 5.00. The molecule has 0 amide bonds. The molecule has 0 radical (unpaired) electrons. The SMILES string of the molecule is CC(C)COc1ccc(C(=O)C(C)Br)cc1. The molecule has 1 rings (SSSR count). The number of carbonyl (C=O) groups excluding carboxylic acids is 1. The van der Waals surface area contributed by atoms with Crippen LogP contribution in [-0.4, -0.2) is 17.2 Å². The average Bonchev–Trinajstić information content (AvgIpc) is 2.26. The maximum absolute atomic E-state index is 11.6. The van der Waals surface area contributed by atoms with Gasteiger partial charge >= 0.3 is 0 Å². The average molecular weight is 285 g/mol. The Labute approximate surface area is 105 Å². The molecule has 1 unspecified atom stereocenters. The Morgan fingerprint density at radius 3 is 2.25 bits per heavy atom. The summed E-state index contributed by atoms with van der Waals surface area (Å²) in [5.41, 5.74) is 0.710. The van der Waals surface area contributed by atoms with E-state index >= 15 is 0 Å². The molecular weight excluding hydrogens is 268 g/mol. The maximum Gasteiger partial charge on any atom is 0.176 e. The van der Waals surface area contributed by atoms with Crippen molar-refractivity contribution in [3.63, 3.8) is 0 Å². The fourth-order valence-corrected chi connectivity index (χ4v) is 1.47. The summed E-state index contributed by atoms with van der Waals surface area (Å²) in [7, 11) is 0. The molecule has 0 spiro atoms. The molecule has 1 atom stereocenters. The summed E-state index contributed by atoms with van der Waals surface area (Å²) in [5.74, 6) is 1.41.